The normalized spacial score (nSPS) is 20.1. The smallest absolute Gasteiger partial charge is 0.352 e. The molecular weight excluding hydrogens is 516 g/mol. The average Bonchev–Trinajstić information content (AvgIpc) is 3.37. The molecule has 2 aliphatic rings. The second-order valence-corrected chi connectivity index (χ2v) is 10.6. The molecule has 2 aromatic rings. The molecule has 0 aliphatic carbocycles. The van der Waals surface area contributed by atoms with Gasteiger partial charge in [0.05, 0.1) is 11.9 Å². The third-order valence-electron chi connectivity index (χ3n) is 5.22. The molecule has 0 bridgehead atoms. The number of hydrogen-bond donors (Lipinski definition) is 5. The number of aliphatic carboxylic acids is 2. The number of amides is 2. The molecule has 2 aliphatic heterocycles. The van der Waals surface area contributed by atoms with Gasteiger partial charge in [-0.15, -0.1) is 28.6 Å². The fourth-order valence-corrected chi connectivity index (χ4v) is 6.41. The van der Waals surface area contributed by atoms with Gasteiger partial charge in [-0.1, -0.05) is 23.9 Å². The number of carbonyl (C=O) groups is 4. The quantitative estimate of drug-likeness (QED) is 0.209. The monoisotopic (exact) mass is 536 g/mol. The van der Waals surface area contributed by atoms with E-state index in [1.807, 2.05) is 0 Å². The van der Waals surface area contributed by atoms with Gasteiger partial charge in [0.15, 0.2) is 0 Å². The summed E-state index contributed by atoms with van der Waals surface area (Å²) in [5.74, 6) is -2.58. The molecule has 35 heavy (non-hydrogen) atoms. The van der Waals surface area contributed by atoms with E-state index in [9.17, 15) is 24.3 Å². The zero-order valence-corrected chi connectivity index (χ0v) is 20.4. The highest BCUT2D eigenvalue weighted by Crippen LogP contribution is 2.41. The molecule has 0 saturated carbocycles. The van der Waals surface area contributed by atoms with Gasteiger partial charge in [-0.25, -0.2) is 4.79 Å². The Morgan fingerprint density at radius 3 is 2.63 bits per heavy atom. The number of carbonyl (C=O) groups excluding carboxylic acids is 2. The van der Waals surface area contributed by atoms with Crippen LogP contribution in [0.3, 0.4) is 0 Å². The zero-order valence-electron chi connectivity index (χ0n) is 17.9. The van der Waals surface area contributed by atoms with E-state index in [0.717, 1.165) is 16.7 Å². The van der Waals surface area contributed by atoms with Crippen LogP contribution in [-0.4, -0.2) is 83.0 Å². The van der Waals surface area contributed by atoms with Gasteiger partial charge >= 0.3 is 11.9 Å². The van der Waals surface area contributed by atoms with Crippen LogP contribution in [0.1, 0.15) is 11.6 Å². The topological polar surface area (TPSA) is 192 Å². The molecule has 2 amide bonds. The minimum absolute atomic E-state index is 0.0704. The SMILES string of the molecule is NC(C(=O)NC1C(=O)N2C(C(=O)O)=C(CSc3cn[nH]n3)CS[C@@H]12)c1ccc(SCC(=O)O)cc1. The number of fused-ring (bicyclic) bond motifs is 1. The molecule has 3 heterocycles. The van der Waals surface area contributed by atoms with Crippen LogP contribution in [0.4, 0.5) is 0 Å². The molecule has 12 nitrogen and oxygen atoms in total. The Hall–Kier alpha value is -3.01. The maximum Gasteiger partial charge on any atom is 0.352 e. The van der Waals surface area contributed by atoms with Gasteiger partial charge in [0.2, 0.25) is 5.91 Å². The summed E-state index contributed by atoms with van der Waals surface area (Å²) in [4.78, 5) is 50.1. The maximum absolute atomic E-state index is 12.8. The Kier molecular flexibility index (Phi) is 7.69. The molecule has 1 aromatic carbocycles. The first-order chi connectivity index (χ1) is 16.8. The van der Waals surface area contributed by atoms with Crippen LogP contribution in [0.2, 0.25) is 0 Å². The number of benzene rings is 1. The van der Waals surface area contributed by atoms with E-state index in [0.29, 0.717) is 27.7 Å². The van der Waals surface area contributed by atoms with Crippen LogP contribution >= 0.6 is 35.3 Å². The van der Waals surface area contributed by atoms with Crippen LogP contribution in [0, 0.1) is 0 Å². The maximum atomic E-state index is 12.8. The lowest BCUT2D eigenvalue weighted by Gasteiger charge is -2.49. The summed E-state index contributed by atoms with van der Waals surface area (Å²) in [5, 5.41) is 31.4. The molecule has 2 unspecified atom stereocenters. The second-order valence-electron chi connectivity index (χ2n) is 7.48. The van der Waals surface area contributed by atoms with Crippen LogP contribution in [0.25, 0.3) is 0 Å². The molecule has 1 fully saturated rings. The van der Waals surface area contributed by atoms with E-state index in [-0.39, 0.29) is 11.4 Å². The molecule has 4 rings (SSSR count). The number of β-lactam (4-membered cyclic amide) rings is 1. The molecule has 0 spiro atoms. The van der Waals surface area contributed by atoms with Crippen molar-refractivity contribution in [2.24, 2.45) is 5.73 Å². The van der Waals surface area contributed by atoms with Crippen molar-refractivity contribution in [3.8, 4) is 0 Å². The first-order valence-electron chi connectivity index (χ1n) is 10.2. The Balaban J connectivity index is 1.39. The summed E-state index contributed by atoms with van der Waals surface area (Å²) < 4.78 is 0. The van der Waals surface area contributed by atoms with Crippen molar-refractivity contribution >= 4 is 59.0 Å². The lowest BCUT2D eigenvalue weighted by molar-refractivity contribution is -0.150. The standard InChI is InChI=1S/C20H20N6O6S3/c21-14(9-1-3-11(4-2-9)33-8-13(27)28)17(29)23-15-18(30)26-16(20(31)32)10(7-35-19(15)26)6-34-12-5-22-25-24-12/h1-5,14-15,19H,6-8,21H2,(H,23,29)(H,27,28)(H,31,32)(H,22,24,25)/t14?,15?,19-/m0/s1. The number of hydrogen-bond acceptors (Lipinski definition) is 10. The van der Waals surface area contributed by atoms with Crippen LogP contribution in [0.5, 0.6) is 0 Å². The number of nitrogens with zero attached hydrogens (tertiary/aromatic N) is 3. The van der Waals surface area contributed by atoms with Crippen LogP contribution in [0.15, 0.2) is 51.7 Å². The molecule has 6 N–H and O–H groups in total. The predicted octanol–water partition coefficient (Wildman–Crippen LogP) is 0.512. The molecule has 0 radical (unpaired) electrons. The molecule has 1 saturated heterocycles. The second kappa shape index (κ2) is 10.7. The minimum atomic E-state index is -1.21. The fraction of sp³-hybridized carbons (Fsp3) is 0.300. The number of nitrogens with two attached hydrogens (primary N) is 1. The van der Waals surface area contributed by atoms with Crippen molar-refractivity contribution in [3.05, 3.63) is 47.3 Å². The minimum Gasteiger partial charge on any atom is -0.481 e. The van der Waals surface area contributed by atoms with Crippen LogP contribution < -0.4 is 11.1 Å². The first-order valence-corrected chi connectivity index (χ1v) is 13.2. The summed E-state index contributed by atoms with van der Waals surface area (Å²) in [5.41, 5.74) is 7.09. The van der Waals surface area contributed by atoms with Gasteiger partial charge in [-0.05, 0) is 23.3 Å². The third kappa shape index (κ3) is 5.47. The Bertz CT molecular complexity index is 1170. The Morgan fingerprint density at radius 2 is 2.00 bits per heavy atom. The van der Waals surface area contributed by atoms with Crippen molar-refractivity contribution < 1.29 is 29.4 Å². The highest BCUT2D eigenvalue weighted by molar-refractivity contribution is 8.01. The van der Waals surface area contributed by atoms with Crippen molar-refractivity contribution in [1.29, 1.82) is 0 Å². The van der Waals surface area contributed by atoms with E-state index in [1.165, 1.54) is 34.6 Å². The lowest BCUT2D eigenvalue weighted by atomic mass is 10.0. The fourth-order valence-electron chi connectivity index (χ4n) is 3.53. The number of carboxylic acids is 2. The van der Waals surface area contributed by atoms with Crippen molar-refractivity contribution in [1.82, 2.24) is 25.6 Å². The molecule has 1 aromatic heterocycles. The number of aromatic nitrogens is 3. The number of carboxylic acid groups (broad SMARTS) is 2. The van der Waals surface area contributed by atoms with E-state index >= 15 is 0 Å². The van der Waals surface area contributed by atoms with Crippen LogP contribution in [-0.2, 0) is 19.2 Å². The van der Waals surface area contributed by atoms with Gasteiger partial charge < -0.3 is 21.3 Å². The highest BCUT2D eigenvalue weighted by Gasteiger charge is 2.54. The van der Waals surface area contributed by atoms with Gasteiger partial charge in [0, 0.05) is 16.4 Å². The predicted molar refractivity (Wildman–Crippen MR) is 129 cm³/mol. The number of thioether (sulfide) groups is 3. The summed E-state index contributed by atoms with van der Waals surface area (Å²) in [7, 11) is 0. The Labute approximate surface area is 211 Å². The molecule has 15 heteroatoms. The number of rotatable bonds is 10. The molecular formula is C20H20N6O6S3. The van der Waals surface area contributed by atoms with E-state index < -0.39 is 41.2 Å². The summed E-state index contributed by atoms with van der Waals surface area (Å²) in [6.45, 7) is 0. The van der Waals surface area contributed by atoms with Crippen molar-refractivity contribution in [2.45, 2.75) is 27.4 Å². The van der Waals surface area contributed by atoms with E-state index in [4.69, 9.17) is 10.8 Å². The number of aromatic amines is 1. The van der Waals surface area contributed by atoms with Crippen molar-refractivity contribution in [3.63, 3.8) is 0 Å². The summed E-state index contributed by atoms with van der Waals surface area (Å²) >= 11 is 3.82. The van der Waals surface area contributed by atoms with E-state index in [2.05, 4.69) is 20.7 Å². The van der Waals surface area contributed by atoms with Gasteiger partial charge in [-0.3, -0.25) is 19.3 Å². The van der Waals surface area contributed by atoms with E-state index in [1.54, 1.807) is 24.3 Å². The lowest BCUT2D eigenvalue weighted by Crippen LogP contribution is -2.71. The van der Waals surface area contributed by atoms with Crippen molar-refractivity contribution in [2.75, 3.05) is 17.3 Å². The molecule has 3 atom stereocenters. The summed E-state index contributed by atoms with van der Waals surface area (Å²) in [6.07, 6.45) is 1.52. The molecule has 184 valence electrons. The third-order valence-corrected chi connectivity index (χ3v) is 8.54. The average molecular weight is 537 g/mol. The van der Waals surface area contributed by atoms with Gasteiger partial charge in [0.1, 0.15) is 28.2 Å². The highest BCUT2D eigenvalue weighted by atomic mass is 32.2. The van der Waals surface area contributed by atoms with Gasteiger partial charge in [0.25, 0.3) is 5.91 Å². The number of nitrogens with one attached hydrogen (secondary N) is 2. The first kappa shape index (κ1) is 25.1. The summed E-state index contributed by atoms with van der Waals surface area (Å²) in [6, 6.07) is 4.67. The van der Waals surface area contributed by atoms with Gasteiger partial charge in [-0.2, -0.15) is 10.3 Å². The number of H-pyrrole nitrogens is 1. The zero-order chi connectivity index (χ0) is 25.1. The largest absolute Gasteiger partial charge is 0.481 e. The Morgan fingerprint density at radius 1 is 1.26 bits per heavy atom.